The van der Waals surface area contributed by atoms with Gasteiger partial charge in [-0.3, -0.25) is 9.59 Å². The number of anilines is 1. The van der Waals surface area contributed by atoms with Crippen LogP contribution in [-0.2, 0) is 9.59 Å². The highest BCUT2D eigenvalue weighted by Crippen LogP contribution is 2.20. The molecule has 144 valence electrons. The molecule has 2 N–H and O–H groups in total. The Kier molecular flexibility index (Phi) is 7.84. The summed E-state index contributed by atoms with van der Waals surface area (Å²) in [6.07, 6.45) is 4.64. The zero-order chi connectivity index (χ0) is 18.9. The minimum Gasteiger partial charge on any atom is -0.481 e. The molecule has 2 rings (SSSR count). The molecule has 1 saturated heterocycles. The highest BCUT2D eigenvalue weighted by Gasteiger charge is 2.21. The molecule has 7 heteroatoms. The van der Waals surface area contributed by atoms with Gasteiger partial charge in [0.25, 0.3) is 0 Å². The second-order valence-electron chi connectivity index (χ2n) is 7.21. The van der Waals surface area contributed by atoms with Crippen molar-refractivity contribution in [2.24, 2.45) is 11.8 Å². The van der Waals surface area contributed by atoms with Gasteiger partial charge < -0.3 is 20.3 Å². The number of rotatable bonds is 7. The second kappa shape index (κ2) is 10.1. The van der Waals surface area contributed by atoms with Crippen molar-refractivity contribution in [3.63, 3.8) is 0 Å². The van der Waals surface area contributed by atoms with E-state index < -0.39 is 11.8 Å². The predicted octanol–water partition coefficient (Wildman–Crippen LogP) is 1.90. The number of amides is 2. The number of unbranched alkanes of at least 4 members (excludes halogenated alkanes) is 1. The van der Waals surface area contributed by atoms with Gasteiger partial charge in [-0.1, -0.05) is 13.8 Å². The summed E-state index contributed by atoms with van der Waals surface area (Å²) in [6, 6.07) is 3.26. The van der Waals surface area contributed by atoms with Gasteiger partial charge in [0.15, 0.2) is 0 Å². The SMILES string of the molecule is COc1ccc(NC(=O)C(=O)NCCCCN2CC(C)CC(C)C2)cn1. The second-order valence-corrected chi connectivity index (χ2v) is 7.21. The van der Waals surface area contributed by atoms with Crippen LogP contribution in [0.3, 0.4) is 0 Å². The van der Waals surface area contributed by atoms with Gasteiger partial charge in [0, 0.05) is 25.7 Å². The van der Waals surface area contributed by atoms with Gasteiger partial charge in [-0.15, -0.1) is 0 Å². The number of nitrogens with one attached hydrogen (secondary N) is 2. The van der Waals surface area contributed by atoms with Gasteiger partial charge in [-0.2, -0.15) is 0 Å². The van der Waals surface area contributed by atoms with Crippen LogP contribution in [0.25, 0.3) is 0 Å². The molecule has 2 unspecified atom stereocenters. The molecule has 1 aromatic rings. The number of likely N-dealkylation sites (tertiary alicyclic amines) is 1. The fourth-order valence-corrected chi connectivity index (χ4v) is 3.48. The smallest absolute Gasteiger partial charge is 0.313 e. The zero-order valence-electron chi connectivity index (χ0n) is 16.0. The topological polar surface area (TPSA) is 83.6 Å². The van der Waals surface area contributed by atoms with Crippen LogP contribution in [0.5, 0.6) is 5.88 Å². The lowest BCUT2D eigenvalue weighted by atomic mass is 9.92. The van der Waals surface area contributed by atoms with Crippen molar-refractivity contribution >= 4 is 17.5 Å². The van der Waals surface area contributed by atoms with Gasteiger partial charge in [-0.05, 0) is 43.7 Å². The molecular formula is C19H30N4O3. The Bertz CT molecular complexity index is 581. The van der Waals surface area contributed by atoms with E-state index in [-0.39, 0.29) is 0 Å². The average Bonchev–Trinajstić information content (AvgIpc) is 2.61. The molecule has 0 saturated carbocycles. The first-order chi connectivity index (χ1) is 12.5. The lowest BCUT2D eigenvalue weighted by molar-refractivity contribution is -0.136. The number of piperidine rings is 1. The summed E-state index contributed by atoms with van der Waals surface area (Å²) >= 11 is 0. The minimum atomic E-state index is -0.685. The largest absolute Gasteiger partial charge is 0.481 e. The third-order valence-electron chi connectivity index (χ3n) is 4.54. The molecule has 0 radical (unpaired) electrons. The van der Waals surface area contributed by atoms with Crippen LogP contribution in [0.2, 0.25) is 0 Å². The molecule has 26 heavy (non-hydrogen) atoms. The molecule has 1 aliphatic rings. The summed E-state index contributed by atoms with van der Waals surface area (Å²) in [4.78, 5) is 30.2. The first-order valence-electron chi connectivity index (χ1n) is 9.29. The fourth-order valence-electron chi connectivity index (χ4n) is 3.48. The molecule has 1 aromatic heterocycles. The number of hydrogen-bond donors (Lipinski definition) is 2. The average molecular weight is 362 g/mol. The third kappa shape index (κ3) is 6.63. The summed E-state index contributed by atoms with van der Waals surface area (Å²) in [6.45, 7) is 8.49. The van der Waals surface area contributed by atoms with E-state index in [1.165, 1.54) is 19.7 Å². The molecule has 0 aromatic carbocycles. The van der Waals surface area contributed by atoms with Gasteiger partial charge in [0.1, 0.15) is 0 Å². The summed E-state index contributed by atoms with van der Waals surface area (Å²) in [7, 11) is 1.51. The lowest BCUT2D eigenvalue weighted by Crippen LogP contribution is -2.39. The van der Waals surface area contributed by atoms with Gasteiger partial charge in [-0.25, -0.2) is 4.98 Å². The number of pyridine rings is 1. The van der Waals surface area contributed by atoms with Crippen molar-refractivity contribution in [3.8, 4) is 5.88 Å². The standard InChI is InChI=1S/C19H30N4O3/c1-14-10-15(2)13-23(12-14)9-5-4-8-20-18(24)19(25)22-16-6-7-17(26-3)21-11-16/h6-7,11,14-15H,4-5,8-10,12-13H2,1-3H3,(H,20,24)(H,22,25). The molecular weight excluding hydrogens is 332 g/mol. The van der Waals surface area contributed by atoms with Crippen molar-refractivity contribution < 1.29 is 14.3 Å². The Hall–Kier alpha value is -2.15. The Morgan fingerprint density at radius 2 is 1.92 bits per heavy atom. The molecule has 0 aliphatic carbocycles. The summed E-state index contributed by atoms with van der Waals surface area (Å²) in [5, 5.41) is 5.18. The van der Waals surface area contributed by atoms with Crippen molar-refractivity contribution in [2.45, 2.75) is 33.1 Å². The van der Waals surface area contributed by atoms with Crippen LogP contribution < -0.4 is 15.4 Å². The molecule has 2 heterocycles. The Morgan fingerprint density at radius 1 is 1.19 bits per heavy atom. The highest BCUT2D eigenvalue weighted by atomic mass is 16.5. The maximum absolute atomic E-state index is 11.9. The van der Waals surface area contributed by atoms with Crippen LogP contribution >= 0.6 is 0 Å². The molecule has 1 fully saturated rings. The van der Waals surface area contributed by atoms with Gasteiger partial charge >= 0.3 is 11.8 Å². The Balaban J connectivity index is 1.61. The van der Waals surface area contributed by atoms with E-state index in [0.717, 1.165) is 44.3 Å². The van der Waals surface area contributed by atoms with Crippen molar-refractivity contribution in [1.29, 1.82) is 0 Å². The highest BCUT2D eigenvalue weighted by molar-refractivity contribution is 6.39. The van der Waals surface area contributed by atoms with E-state index in [9.17, 15) is 9.59 Å². The quantitative estimate of drug-likeness (QED) is 0.572. The summed E-state index contributed by atoms with van der Waals surface area (Å²) < 4.78 is 4.95. The molecule has 0 spiro atoms. The number of nitrogens with zero attached hydrogens (tertiary/aromatic N) is 2. The van der Waals surface area contributed by atoms with Crippen molar-refractivity contribution in [2.75, 3.05) is 38.6 Å². The van der Waals surface area contributed by atoms with Crippen LogP contribution in [0.4, 0.5) is 5.69 Å². The van der Waals surface area contributed by atoms with Gasteiger partial charge in [0.2, 0.25) is 5.88 Å². The number of hydrogen-bond acceptors (Lipinski definition) is 5. The zero-order valence-corrected chi connectivity index (χ0v) is 16.0. The molecule has 2 atom stereocenters. The monoisotopic (exact) mass is 362 g/mol. The van der Waals surface area contributed by atoms with Crippen LogP contribution in [-0.4, -0.2) is 55.0 Å². The lowest BCUT2D eigenvalue weighted by Gasteiger charge is -2.34. The van der Waals surface area contributed by atoms with E-state index in [4.69, 9.17) is 4.74 Å². The number of carbonyl (C=O) groups excluding carboxylic acids is 2. The maximum atomic E-state index is 11.9. The van der Waals surface area contributed by atoms with E-state index in [1.54, 1.807) is 12.1 Å². The summed E-state index contributed by atoms with van der Waals surface area (Å²) in [5.41, 5.74) is 0.458. The number of methoxy groups -OCH3 is 1. The van der Waals surface area contributed by atoms with E-state index in [1.807, 2.05) is 0 Å². The van der Waals surface area contributed by atoms with Crippen LogP contribution in [0.1, 0.15) is 33.1 Å². The Morgan fingerprint density at radius 3 is 2.54 bits per heavy atom. The van der Waals surface area contributed by atoms with Crippen molar-refractivity contribution in [3.05, 3.63) is 18.3 Å². The van der Waals surface area contributed by atoms with Crippen LogP contribution in [0.15, 0.2) is 18.3 Å². The normalized spacial score (nSPS) is 20.4. The van der Waals surface area contributed by atoms with E-state index >= 15 is 0 Å². The Labute approximate surface area is 155 Å². The molecule has 1 aliphatic heterocycles. The first-order valence-corrected chi connectivity index (χ1v) is 9.29. The van der Waals surface area contributed by atoms with Crippen LogP contribution in [0, 0.1) is 11.8 Å². The van der Waals surface area contributed by atoms with Gasteiger partial charge in [0.05, 0.1) is 19.0 Å². The molecule has 7 nitrogen and oxygen atoms in total. The minimum absolute atomic E-state index is 0.449. The molecule has 2 amide bonds. The maximum Gasteiger partial charge on any atom is 0.313 e. The molecule has 0 bridgehead atoms. The number of aromatic nitrogens is 1. The predicted molar refractivity (Wildman–Crippen MR) is 101 cm³/mol. The van der Waals surface area contributed by atoms with E-state index in [0.29, 0.717) is 18.1 Å². The summed E-state index contributed by atoms with van der Waals surface area (Å²) in [5.74, 6) is 0.658. The number of carbonyl (C=O) groups is 2. The fraction of sp³-hybridized carbons (Fsp3) is 0.632. The third-order valence-corrected chi connectivity index (χ3v) is 4.54. The van der Waals surface area contributed by atoms with E-state index in [2.05, 4.69) is 34.4 Å². The number of ether oxygens (including phenoxy) is 1. The van der Waals surface area contributed by atoms with Crippen molar-refractivity contribution in [1.82, 2.24) is 15.2 Å². The first kappa shape index (κ1) is 20.2.